The molecule has 0 atom stereocenters. The lowest BCUT2D eigenvalue weighted by Crippen LogP contribution is -2.43. The predicted octanol–water partition coefficient (Wildman–Crippen LogP) is 0.877. The number of likely N-dealkylation sites (N-methyl/N-ethyl adjacent to an activating group) is 1. The van der Waals surface area contributed by atoms with Crippen molar-refractivity contribution >= 4 is 5.69 Å². The van der Waals surface area contributed by atoms with Crippen LogP contribution in [0.25, 0.3) is 11.3 Å². The van der Waals surface area contributed by atoms with Gasteiger partial charge in [-0.05, 0) is 19.2 Å². The van der Waals surface area contributed by atoms with Gasteiger partial charge >= 0.3 is 0 Å². The zero-order chi connectivity index (χ0) is 16.1. The second-order valence-corrected chi connectivity index (χ2v) is 6.07. The number of benzene rings is 1. The zero-order valence-electron chi connectivity index (χ0n) is 13.8. The first-order valence-electron chi connectivity index (χ1n) is 8.25. The van der Waals surface area contributed by atoms with Gasteiger partial charge < -0.3 is 20.9 Å². The molecule has 2 heterocycles. The van der Waals surface area contributed by atoms with Crippen LogP contribution >= 0.6 is 0 Å². The Bertz CT molecular complexity index is 600. The minimum Gasteiger partial charge on any atom is -0.369 e. The highest BCUT2D eigenvalue weighted by Crippen LogP contribution is 2.25. The van der Waals surface area contributed by atoms with Crippen molar-refractivity contribution in [3.8, 4) is 11.3 Å². The lowest BCUT2D eigenvalue weighted by Gasteiger charge is -2.29. The molecule has 6 nitrogen and oxygen atoms in total. The highest BCUT2D eigenvalue weighted by atomic mass is 15.2. The molecule has 3 rings (SSSR count). The van der Waals surface area contributed by atoms with E-state index < -0.39 is 0 Å². The van der Waals surface area contributed by atoms with E-state index >= 15 is 0 Å². The van der Waals surface area contributed by atoms with Crippen molar-refractivity contribution in [3.63, 3.8) is 0 Å². The summed E-state index contributed by atoms with van der Waals surface area (Å²) in [6.07, 6.45) is 1.98. The lowest BCUT2D eigenvalue weighted by molar-refractivity contribution is 0.337. The Morgan fingerprint density at radius 3 is 2.65 bits per heavy atom. The summed E-state index contributed by atoms with van der Waals surface area (Å²) < 4.78 is 0. The molecule has 6 heteroatoms. The Kier molecular flexibility index (Phi) is 5.27. The van der Waals surface area contributed by atoms with E-state index in [1.807, 2.05) is 6.20 Å². The van der Waals surface area contributed by atoms with Crippen LogP contribution in [0.5, 0.6) is 0 Å². The van der Waals surface area contributed by atoms with Gasteiger partial charge in [0.2, 0.25) is 0 Å². The number of nitrogens with one attached hydrogen (secondary N) is 2. The second kappa shape index (κ2) is 7.59. The van der Waals surface area contributed by atoms with Crippen LogP contribution < -0.4 is 16.0 Å². The van der Waals surface area contributed by atoms with Gasteiger partial charge in [0.05, 0.1) is 5.69 Å². The molecule has 1 fully saturated rings. The normalized spacial score (nSPS) is 15.3. The molecule has 4 N–H and O–H groups in total. The third-order valence-corrected chi connectivity index (χ3v) is 4.29. The highest BCUT2D eigenvalue weighted by Gasteiger charge is 2.13. The Labute approximate surface area is 137 Å². The highest BCUT2D eigenvalue weighted by molar-refractivity contribution is 5.65. The maximum atomic E-state index is 5.62. The number of rotatable bonds is 6. The van der Waals surface area contributed by atoms with Crippen LogP contribution in [0.3, 0.4) is 0 Å². The first kappa shape index (κ1) is 16.0. The van der Waals surface area contributed by atoms with E-state index in [0.717, 1.165) is 50.5 Å². The SMILES string of the molecule is CN(CCN)Cc1c[nH]nc1-c1ccc(N2CCNCC2)cc1. The molecule has 0 amide bonds. The lowest BCUT2D eigenvalue weighted by atomic mass is 10.1. The van der Waals surface area contributed by atoms with Crippen molar-refractivity contribution in [1.82, 2.24) is 20.4 Å². The fourth-order valence-electron chi connectivity index (χ4n) is 3.03. The molecule has 2 aromatic rings. The van der Waals surface area contributed by atoms with Gasteiger partial charge in [-0.15, -0.1) is 0 Å². The van der Waals surface area contributed by atoms with Crippen molar-refractivity contribution in [2.45, 2.75) is 6.54 Å². The number of H-pyrrole nitrogens is 1. The topological polar surface area (TPSA) is 73.2 Å². The fourth-order valence-corrected chi connectivity index (χ4v) is 3.03. The molecule has 124 valence electrons. The van der Waals surface area contributed by atoms with Crippen molar-refractivity contribution in [2.24, 2.45) is 5.73 Å². The minimum absolute atomic E-state index is 0.670. The van der Waals surface area contributed by atoms with Crippen LogP contribution in [0.15, 0.2) is 30.5 Å². The summed E-state index contributed by atoms with van der Waals surface area (Å²) in [5, 5.41) is 10.8. The average Bonchev–Trinajstić information content (AvgIpc) is 3.04. The molecule has 0 spiro atoms. The second-order valence-electron chi connectivity index (χ2n) is 6.07. The molecule has 0 aliphatic carbocycles. The summed E-state index contributed by atoms with van der Waals surface area (Å²) >= 11 is 0. The number of hydrogen-bond donors (Lipinski definition) is 3. The van der Waals surface area contributed by atoms with E-state index in [9.17, 15) is 0 Å². The number of nitrogens with zero attached hydrogens (tertiary/aromatic N) is 3. The number of nitrogens with two attached hydrogens (primary N) is 1. The molecule has 23 heavy (non-hydrogen) atoms. The van der Waals surface area contributed by atoms with Crippen molar-refractivity contribution in [3.05, 3.63) is 36.0 Å². The summed E-state index contributed by atoms with van der Waals surface area (Å²) in [6.45, 7) is 6.64. The number of piperazine rings is 1. The summed E-state index contributed by atoms with van der Waals surface area (Å²) in [4.78, 5) is 4.63. The smallest absolute Gasteiger partial charge is 0.0965 e. The van der Waals surface area contributed by atoms with Gasteiger partial charge in [0.25, 0.3) is 0 Å². The maximum absolute atomic E-state index is 5.62. The standard InChI is InChI=1S/C17H26N6/c1-22(9-6-18)13-15-12-20-21-17(15)14-2-4-16(5-3-14)23-10-7-19-8-11-23/h2-5,12,19H,6-11,13,18H2,1H3,(H,20,21). The van der Waals surface area contributed by atoms with Gasteiger partial charge in [0, 0.05) is 68.8 Å². The van der Waals surface area contributed by atoms with Crippen LogP contribution in [0.4, 0.5) is 5.69 Å². The van der Waals surface area contributed by atoms with E-state index in [-0.39, 0.29) is 0 Å². The van der Waals surface area contributed by atoms with E-state index in [1.54, 1.807) is 0 Å². The van der Waals surface area contributed by atoms with E-state index in [2.05, 4.69) is 56.6 Å². The quantitative estimate of drug-likeness (QED) is 0.738. The molecule has 1 aliphatic heterocycles. The summed E-state index contributed by atoms with van der Waals surface area (Å²) in [5.74, 6) is 0. The third kappa shape index (κ3) is 3.90. The number of anilines is 1. The number of hydrogen-bond acceptors (Lipinski definition) is 5. The fraction of sp³-hybridized carbons (Fsp3) is 0.471. The van der Waals surface area contributed by atoms with Gasteiger partial charge in [0.15, 0.2) is 0 Å². The van der Waals surface area contributed by atoms with Crippen LogP contribution in [0.1, 0.15) is 5.56 Å². The predicted molar refractivity (Wildman–Crippen MR) is 94.5 cm³/mol. The average molecular weight is 314 g/mol. The molecule has 1 aliphatic rings. The van der Waals surface area contributed by atoms with E-state index in [0.29, 0.717) is 6.54 Å². The van der Waals surface area contributed by atoms with Crippen LogP contribution in [-0.4, -0.2) is 61.4 Å². The van der Waals surface area contributed by atoms with E-state index in [1.165, 1.54) is 11.3 Å². The molecule has 1 saturated heterocycles. The molecular weight excluding hydrogens is 288 g/mol. The Balaban J connectivity index is 1.73. The first-order valence-corrected chi connectivity index (χ1v) is 8.25. The van der Waals surface area contributed by atoms with Gasteiger partial charge in [-0.3, -0.25) is 5.10 Å². The van der Waals surface area contributed by atoms with Gasteiger partial charge in [-0.25, -0.2) is 0 Å². The van der Waals surface area contributed by atoms with Gasteiger partial charge in [-0.1, -0.05) is 12.1 Å². The third-order valence-electron chi connectivity index (χ3n) is 4.29. The molecule has 0 saturated carbocycles. The Hall–Kier alpha value is -1.89. The molecular formula is C17H26N6. The van der Waals surface area contributed by atoms with Crippen molar-refractivity contribution < 1.29 is 0 Å². The molecule has 0 bridgehead atoms. The Morgan fingerprint density at radius 1 is 1.22 bits per heavy atom. The molecule has 1 aromatic heterocycles. The summed E-state index contributed by atoms with van der Waals surface area (Å²) in [6, 6.07) is 8.73. The molecule has 1 aromatic carbocycles. The van der Waals surface area contributed by atoms with Gasteiger partial charge in [0.1, 0.15) is 0 Å². The van der Waals surface area contributed by atoms with Crippen LogP contribution in [-0.2, 0) is 6.54 Å². The Morgan fingerprint density at radius 2 is 1.96 bits per heavy atom. The largest absolute Gasteiger partial charge is 0.369 e. The molecule has 0 radical (unpaired) electrons. The van der Waals surface area contributed by atoms with Gasteiger partial charge in [-0.2, -0.15) is 5.10 Å². The van der Waals surface area contributed by atoms with Crippen LogP contribution in [0, 0.1) is 0 Å². The number of aromatic nitrogens is 2. The minimum atomic E-state index is 0.670. The zero-order valence-corrected chi connectivity index (χ0v) is 13.8. The maximum Gasteiger partial charge on any atom is 0.0965 e. The summed E-state index contributed by atoms with van der Waals surface area (Å²) in [5.41, 5.74) is 10.3. The van der Waals surface area contributed by atoms with Crippen LogP contribution in [0.2, 0.25) is 0 Å². The van der Waals surface area contributed by atoms with E-state index in [4.69, 9.17) is 5.73 Å². The monoisotopic (exact) mass is 314 g/mol. The van der Waals surface area contributed by atoms with Crippen molar-refractivity contribution in [2.75, 3.05) is 51.2 Å². The number of aromatic amines is 1. The van der Waals surface area contributed by atoms with Crippen molar-refractivity contribution in [1.29, 1.82) is 0 Å². The first-order chi connectivity index (χ1) is 11.3. The molecule has 0 unspecified atom stereocenters. The summed E-state index contributed by atoms with van der Waals surface area (Å²) in [7, 11) is 2.08.